The Morgan fingerprint density at radius 1 is 1.00 bits per heavy atom. The van der Waals surface area contributed by atoms with Gasteiger partial charge in [0.05, 0.1) is 12.8 Å². The largest absolute Gasteiger partial charge is 0.495 e. The highest BCUT2D eigenvalue weighted by Gasteiger charge is 2.28. The predicted molar refractivity (Wildman–Crippen MR) is 136 cm³/mol. The molecule has 1 aliphatic heterocycles. The quantitative estimate of drug-likeness (QED) is 0.480. The van der Waals surface area contributed by atoms with Gasteiger partial charge in [0.2, 0.25) is 6.41 Å². The van der Waals surface area contributed by atoms with Gasteiger partial charge in [-0.25, -0.2) is 9.59 Å². The maximum absolute atomic E-state index is 12.3. The first-order valence-corrected chi connectivity index (χ1v) is 12.2. The van der Waals surface area contributed by atoms with Gasteiger partial charge >= 0.3 is 12.0 Å². The number of hydrogen-bond donors (Lipinski definition) is 3. The Labute approximate surface area is 206 Å². The van der Waals surface area contributed by atoms with Crippen molar-refractivity contribution in [2.45, 2.75) is 63.8 Å². The summed E-state index contributed by atoms with van der Waals surface area (Å²) >= 11 is 0. The molecule has 1 heterocycles. The summed E-state index contributed by atoms with van der Waals surface area (Å²) < 4.78 is 5.29. The van der Waals surface area contributed by atoms with Gasteiger partial charge in [0.25, 0.3) is 0 Å². The van der Waals surface area contributed by atoms with Crippen LogP contribution >= 0.6 is 0 Å². The van der Waals surface area contributed by atoms with Crippen molar-refractivity contribution < 1.29 is 24.2 Å². The van der Waals surface area contributed by atoms with Crippen molar-refractivity contribution in [1.29, 1.82) is 0 Å². The van der Waals surface area contributed by atoms with Crippen LogP contribution in [0.1, 0.15) is 62.0 Å². The van der Waals surface area contributed by atoms with Gasteiger partial charge in [0.15, 0.2) is 0 Å². The number of aliphatic carboxylic acids is 1. The van der Waals surface area contributed by atoms with E-state index in [1.54, 1.807) is 7.11 Å². The molecule has 0 unspecified atom stereocenters. The van der Waals surface area contributed by atoms with Gasteiger partial charge in [-0.1, -0.05) is 37.5 Å². The van der Waals surface area contributed by atoms with Crippen molar-refractivity contribution in [3.63, 3.8) is 0 Å². The van der Waals surface area contributed by atoms with Crippen LogP contribution < -0.4 is 15.4 Å². The van der Waals surface area contributed by atoms with Crippen LogP contribution in [0.15, 0.2) is 42.5 Å². The summed E-state index contributed by atoms with van der Waals surface area (Å²) in [4.78, 5) is 34.1. The first kappa shape index (κ1) is 26.1. The van der Waals surface area contributed by atoms with Gasteiger partial charge in [0, 0.05) is 12.2 Å². The Balaban J connectivity index is 0.000000287. The van der Waals surface area contributed by atoms with Crippen molar-refractivity contribution in [2.24, 2.45) is 0 Å². The number of carbonyl (C=O) groups is 3. The number of anilines is 2. The average Bonchev–Trinajstić information content (AvgIpc) is 3.35. The molecule has 2 aliphatic rings. The number of hydrogen-bond acceptors (Lipinski definition) is 4. The van der Waals surface area contributed by atoms with Crippen LogP contribution in [0.5, 0.6) is 5.75 Å². The molecular formula is C27H35N3O5. The molecule has 1 saturated heterocycles. The summed E-state index contributed by atoms with van der Waals surface area (Å²) in [7, 11) is 1.59. The molecule has 3 amide bonds. The molecule has 0 radical (unpaired) electrons. The Kier molecular flexibility index (Phi) is 9.52. The highest BCUT2D eigenvalue weighted by atomic mass is 16.5. The van der Waals surface area contributed by atoms with Crippen molar-refractivity contribution in [3.8, 4) is 5.75 Å². The zero-order valence-electron chi connectivity index (χ0n) is 20.5. The number of carboxylic acid groups (broad SMARTS) is 1. The molecule has 8 heteroatoms. The summed E-state index contributed by atoms with van der Waals surface area (Å²) in [6.07, 6.45) is 8.56. The van der Waals surface area contributed by atoms with E-state index in [1.165, 1.54) is 42.6 Å². The number of likely N-dealkylation sites (tertiary alicyclic amines) is 1. The van der Waals surface area contributed by atoms with Crippen LogP contribution in [-0.4, -0.2) is 48.1 Å². The van der Waals surface area contributed by atoms with E-state index in [-0.39, 0.29) is 6.03 Å². The maximum Gasteiger partial charge on any atom is 0.326 e. The molecule has 8 nitrogen and oxygen atoms in total. The van der Waals surface area contributed by atoms with Crippen molar-refractivity contribution in [1.82, 2.24) is 4.90 Å². The molecular weight excluding hydrogens is 446 g/mol. The van der Waals surface area contributed by atoms with Crippen molar-refractivity contribution >= 4 is 29.8 Å². The number of nitrogens with zero attached hydrogens (tertiary/aromatic N) is 1. The lowest BCUT2D eigenvalue weighted by Crippen LogP contribution is -2.34. The van der Waals surface area contributed by atoms with E-state index >= 15 is 0 Å². The van der Waals surface area contributed by atoms with Crippen LogP contribution in [0.4, 0.5) is 16.2 Å². The lowest BCUT2D eigenvalue weighted by Gasteiger charge is -2.22. The lowest BCUT2D eigenvalue weighted by atomic mass is 9.84. The predicted octanol–water partition coefficient (Wildman–Crippen LogP) is 5.39. The number of benzene rings is 2. The molecule has 0 spiro atoms. The zero-order valence-corrected chi connectivity index (χ0v) is 20.5. The minimum atomic E-state index is -0.899. The molecule has 1 atom stereocenters. The fraction of sp³-hybridized carbons (Fsp3) is 0.444. The van der Waals surface area contributed by atoms with Crippen LogP contribution in [0, 0.1) is 6.92 Å². The second-order valence-electron chi connectivity index (χ2n) is 9.08. The number of nitrogens with one attached hydrogen (secondary N) is 2. The molecule has 4 rings (SSSR count). The number of amides is 3. The van der Waals surface area contributed by atoms with Gasteiger partial charge in [-0.2, -0.15) is 0 Å². The maximum atomic E-state index is 12.3. The minimum absolute atomic E-state index is 0.269. The Hall–Kier alpha value is -3.55. The van der Waals surface area contributed by atoms with Gasteiger partial charge in [-0.3, -0.25) is 4.79 Å². The highest BCUT2D eigenvalue weighted by molar-refractivity contribution is 6.00. The minimum Gasteiger partial charge on any atom is -0.495 e. The Morgan fingerprint density at radius 3 is 2.31 bits per heavy atom. The summed E-state index contributed by atoms with van der Waals surface area (Å²) in [6, 6.07) is 13.1. The van der Waals surface area contributed by atoms with Gasteiger partial charge in [-0.05, 0) is 73.9 Å². The standard InChI is InChI=1S/C21H26N2O2.C6H9NO3/c1-15-8-13-20(25-2)19(14-15)23-21(24)22-18-11-9-17(10-12-18)16-6-4-3-5-7-16;8-4-7-3-1-2-5(7)6(9)10/h8-14,16H,3-7H2,1-2H3,(H2,22,23,24);4-5H,1-3H2,(H,9,10)/t;5-/m.1/s1. The smallest absolute Gasteiger partial charge is 0.326 e. The summed E-state index contributed by atoms with van der Waals surface area (Å²) in [5.74, 6) is 0.422. The van der Waals surface area contributed by atoms with E-state index in [1.807, 2.05) is 37.3 Å². The summed E-state index contributed by atoms with van der Waals surface area (Å²) in [5, 5.41) is 14.3. The molecule has 35 heavy (non-hydrogen) atoms. The third-order valence-corrected chi connectivity index (χ3v) is 6.56. The third-order valence-electron chi connectivity index (χ3n) is 6.56. The van der Waals surface area contributed by atoms with E-state index in [0.29, 0.717) is 36.7 Å². The number of carbonyl (C=O) groups excluding carboxylic acids is 2. The van der Waals surface area contributed by atoms with Crippen molar-refractivity contribution in [3.05, 3.63) is 53.6 Å². The molecule has 1 aliphatic carbocycles. The molecule has 0 bridgehead atoms. The van der Waals surface area contributed by atoms with E-state index in [9.17, 15) is 14.4 Å². The van der Waals surface area contributed by atoms with E-state index < -0.39 is 12.0 Å². The molecule has 2 aromatic carbocycles. The lowest BCUT2D eigenvalue weighted by molar-refractivity contribution is -0.144. The molecule has 188 valence electrons. The first-order valence-electron chi connectivity index (χ1n) is 12.2. The Morgan fingerprint density at radius 2 is 1.71 bits per heavy atom. The van der Waals surface area contributed by atoms with E-state index in [0.717, 1.165) is 17.7 Å². The topological polar surface area (TPSA) is 108 Å². The number of urea groups is 1. The van der Waals surface area contributed by atoms with E-state index in [2.05, 4.69) is 22.8 Å². The molecule has 0 aromatic heterocycles. The van der Waals surface area contributed by atoms with Crippen LogP contribution in [0.2, 0.25) is 0 Å². The third kappa shape index (κ3) is 7.47. The SMILES string of the molecule is COc1ccc(C)cc1NC(=O)Nc1ccc(C2CCCCC2)cc1.O=CN1CCC[C@@H]1C(=O)O. The molecule has 2 fully saturated rings. The van der Waals surface area contributed by atoms with Gasteiger partial charge in [-0.15, -0.1) is 0 Å². The molecule has 1 saturated carbocycles. The average molecular weight is 482 g/mol. The summed E-state index contributed by atoms with van der Waals surface area (Å²) in [5.41, 5.74) is 3.90. The fourth-order valence-corrected chi connectivity index (χ4v) is 4.66. The van der Waals surface area contributed by atoms with Crippen molar-refractivity contribution in [2.75, 3.05) is 24.3 Å². The molecule has 2 aromatic rings. The van der Waals surface area contributed by atoms with Crippen LogP contribution in [0.25, 0.3) is 0 Å². The normalized spacial score (nSPS) is 17.7. The van der Waals surface area contributed by atoms with Gasteiger partial charge < -0.3 is 25.4 Å². The monoisotopic (exact) mass is 481 g/mol. The first-order chi connectivity index (χ1) is 16.9. The second kappa shape index (κ2) is 12.8. The summed E-state index contributed by atoms with van der Waals surface area (Å²) in [6.45, 7) is 2.56. The van der Waals surface area contributed by atoms with Gasteiger partial charge in [0.1, 0.15) is 11.8 Å². The van der Waals surface area contributed by atoms with E-state index in [4.69, 9.17) is 9.84 Å². The number of carboxylic acids is 1. The van der Waals surface area contributed by atoms with Crippen LogP contribution in [-0.2, 0) is 9.59 Å². The number of methoxy groups -OCH3 is 1. The fourth-order valence-electron chi connectivity index (χ4n) is 4.66. The highest BCUT2D eigenvalue weighted by Crippen LogP contribution is 2.33. The number of aryl methyl sites for hydroxylation is 1. The Bertz CT molecular complexity index is 1000. The number of rotatable bonds is 6. The number of ether oxygens (including phenoxy) is 1. The zero-order chi connectivity index (χ0) is 25.2. The van der Waals surface area contributed by atoms with Crippen LogP contribution in [0.3, 0.4) is 0 Å². The molecule has 3 N–H and O–H groups in total. The second-order valence-corrected chi connectivity index (χ2v) is 9.08.